The van der Waals surface area contributed by atoms with Gasteiger partial charge in [-0.15, -0.1) is 0 Å². The molecule has 1 unspecified atom stereocenters. The highest BCUT2D eigenvalue weighted by atomic mass is 16.5. The molecular weight excluding hydrogens is 230 g/mol. The second kappa shape index (κ2) is 24.9. The van der Waals surface area contributed by atoms with E-state index in [1.807, 2.05) is 13.0 Å². The summed E-state index contributed by atoms with van der Waals surface area (Å²) in [5.74, 6) is 0. The van der Waals surface area contributed by atoms with Gasteiger partial charge in [0.1, 0.15) is 6.10 Å². The first kappa shape index (κ1) is 22.0. The SMILES string of the molecule is O=CO.[B]C/C=C\CC.[B]CCC(CC)OC=O. The van der Waals surface area contributed by atoms with Crippen LogP contribution in [0.1, 0.15) is 33.1 Å². The van der Waals surface area contributed by atoms with E-state index in [1.165, 1.54) is 0 Å². The maximum Gasteiger partial charge on any atom is 0.293 e. The van der Waals surface area contributed by atoms with Crippen LogP contribution in [0.15, 0.2) is 12.2 Å². The summed E-state index contributed by atoms with van der Waals surface area (Å²) in [5, 5.41) is 6.89. The van der Waals surface area contributed by atoms with Crippen LogP contribution in [-0.4, -0.2) is 39.8 Å². The topological polar surface area (TPSA) is 63.6 Å². The Morgan fingerprint density at radius 3 is 2.00 bits per heavy atom. The van der Waals surface area contributed by atoms with Crippen molar-refractivity contribution < 1.29 is 19.4 Å². The van der Waals surface area contributed by atoms with Gasteiger partial charge in [-0.05, 0) is 19.3 Å². The van der Waals surface area contributed by atoms with Crippen molar-refractivity contribution in [2.45, 2.75) is 51.9 Å². The van der Waals surface area contributed by atoms with E-state index in [0.29, 0.717) is 19.1 Å². The van der Waals surface area contributed by atoms with Crippen LogP contribution < -0.4 is 0 Å². The van der Waals surface area contributed by atoms with Crippen LogP contribution in [0, 0.1) is 0 Å². The zero-order valence-electron chi connectivity index (χ0n) is 11.2. The predicted octanol–water partition coefficient (Wildman–Crippen LogP) is 2.16. The highest BCUT2D eigenvalue weighted by molar-refractivity contribution is 6.09. The molecule has 0 aliphatic heterocycles. The Balaban J connectivity index is -0.000000216. The van der Waals surface area contributed by atoms with Crippen molar-refractivity contribution in [2.75, 3.05) is 0 Å². The molecule has 0 aromatic rings. The Kier molecular flexibility index (Phi) is 30.4. The molecule has 4 radical (unpaired) electrons. The standard InChI is InChI=1S/C6H11BO2.C5H9B.CH2O2/c1-2-6(3-4-7)9-5-8;1-2-3-4-5-6;2-1-3/h5-6H,2-4H2,1H3;3-4H,2,5H2,1H3;1H,(H,2,3)/b;4-3-;. The minimum absolute atomic E-state index is 0.0208. The molecule has 0 bridgehead atoms. The average Bonchev–Trinajstić information content (AvgIpc) is 2.37. The highest BCUT2D eigenvalue weighted by Crippen LogP contribution is 2.03. The molecule has 0 heterocycles. The summed E-state index contributed by atoms with van der Waals surface area (Å²) in [7, 11) is 10.4. The number of carbonyl (C=O) groups is 2. The molecular formula is C12H22B2O4. The van der Waals surface area contributed by atoms with Gasteiger partial charge in [0.15, 0.2) is 0 Å². The molecule has 0 aliphatic carbocycles. The Bertz CT molecular complexity index is 181. The lowest BCUT2D eigenvalue weighted by Crippen LogP contribution is -2.09. The van der Waals surface area contributed by atoms with Crippen molar-refractivity contribution in [3.63, 3.8) is 0 Å². The third kappa shape index (κ3) is 29.3. The van der Waals surface area contributed by atoms with Crippen molar-refractivity contribution in [2.24, 2.45) is 0 Å². The molecule has 0 aliphatic rings. The molecule has 0 aromatic heterocycles. The Hall–Kier alpha value is -1.19. The normalized spacial score (nSPS) is 10.3. The number of ether oxygens (including phenoxy) is 1. The molecule has 0 saturated carbocycles. The zero-order chi connectivity index (χ0) is 14.6. The number of carboxylic acid groups (broad SMARTS) is 1. The predicted molar refractivity (Wildman–Crippen MR) is 75.1 cm³/mol. The summed E-state index contributed by atoms with van der Waals surface area (Å²) in [5.41, 5.74) is 0. The van der Waals surface area contributed by atoms with Crippen LogP contribution in [0.25, 0.3) is 0 Å². The first-order valence-corrected chi connectivity index (χ1v) is 5.90. The Labute approximate surface area is 113 Å². The summed E-state index contributed by atoms with van der Waals surface area (Å²) < 4.78 is 4.67. The smallest absolute Gasteiger partial charge is 0.293 e. The maximum absolute atomic E-state index is 9.79. The summed E-state index contributed by atoms with van der Waals surface area (Å²) in [6.45, 7) is 4.28. The lowest BCUT2D eigenvalue weighted by molar-refractivity contribution is -0.133. The first-order valence-electron chi connectivity index (χ1n) is 5.90. The monoisotopic (exact) mass is 252 g/mol. The van der Waals surface area contributed by atoms with Gasteiger partial charge >= 0.3 is 0 Å². The third-order valence-electron chi connectivity index (χ3n) is 1.73. The molecule has 1 atom stereocenters. The fraction of sp³-hybridized carbons (Fsp3) is 0.667. The van der Waals surface area contributed by atoms with Gasteiger partial charge in [-0.3, -0.25) is 9.59 Å². The molecule has 18 heavy (non-hydrogen) atoms. The lowest BCUT2D eigenvalue weighted by atomic mass is 9.98. The van der Waals surface area contributed by atoms with E-state index in [9.17, 15) is 4.79 Å². The van der Waals surface area contributed by atoms with Gasteiger partial charge in [0.05, 0.1) is 15.7 Å². The van der Waals surface area contributed by atoms with E-state index in [2.05, 4.69) is 17.7 Å². The van der Waals surface area contributed by atoms with Crippen molar-refractivity contribution in [1.29, 1.82) is 0 Å². The lowest BCUT2D eigenvalue weighted by Gasteiger charge is -2.09. The zero-order valence-corrected chi connectivity index (χ0v) is 11.2. The minimum Gasteiger partial charge on any atom is -0.483 e. The number of hydrogen-bond acceptors (Lipinski definition) is 3. The fourth-order valence-electron chi connectivity index (χ4n) is 0.896. The number of carbonyl (C=O) groups excluding carboxylic acids is 1. The van der Waals surface area contributed by atoms with Gasteiger partial charge in [-0.1, -0.05) is 38.6 Å². The molecule has 4 nitrogen and oxygen atoms in total. The van der Waals surface area contributed by atoms with Crippen LogP contribution in [0.2, 0.25) is 12.6 Å². The largest absolute Gasteiger partial charge is 0.483 e. The van der Waals surface area contributed by atoms with Gasteiger partial charge in [0.2, 0.25) is 0 Å². The molecule has 6 heteroatoms. The molecule has 0 fully saturated rings. The number of hydrogen-bond donors (Lipinski definition) is 1. The van der Waals surface area contributed by atoms with Crippen LogP contribution in [0.4, 0.5) is 0 Å². The molecule has 1 N–H and O–H groups in total. The van der Waals surface area contributed by atoms with Gasteiger partial charge in [0, 0.05) is 0 Å². The van der Waals surface area contributed by atoms with E-state index in [-0.39, 0.29) is 12.6 Å². The van der Waals surface area contributed by atoms with Crippen LogP contribution in [-0.2, 0) is 14.3 Å². The second-order valence-electron chi connectivity index (χ2n) is 3.06. The first-order chi connectivity index (χ1) is 8.67. The van der Waals surface area contributed by atoms with Crippen LogP contribution in [0.3, 0.4) is 0 Å². The Morgan fingerprint density at radius 2 is 1.78 bits per heavy atom. The molecule has 0 amide bonds. The number of allylic oxidation sites excluding steroid dienone is 2. The molecule has 0 spiro atoms. The van der Waals surface area contributed by atoms with E-state index in [4.69, 9.17) is 25.6 Å². The average molecular weight is 252 g/mol. The quantitative estimate of drug-likeness (QED) is 0.428. The molecule has 100 valence electrons. The summed E-state index contributed by atoms with van der Waals surface area (Å²) in [4.78, 5) is 18.1. The van der Waals surface area contributed by atoms with Crippen molar-refractivity contribution in [3.8, 4) is 0 Å². The van der Waals surface area contributed by atoms with E-state index in [0.717, 1.165) is 19.3 Å². The fourth-order valence-corrected chi connectivity index (χ4v) is 0.896. The van der Waals surface area contributed by atoms with Crippen LogP contribution >= 0.6 is 0 Å². The van der Waals surface area contributed by atoms with Crippen LogP contribution in [0.5, 0.6) is 0 Å². The number of rotatable bonds is 7. The van der Waals surface area contributed by atoms with Crippen molar-refractivity contribution in [3.05, 3.63) is 12.2 Å². The summed E-state index contributed by atoms with van der Waals surface area (Å²) in [6, 6.07) is 0. The molecule has 0 saturated heterocycles. The van der Waals surface area contributed by atoms with E-state index < -0.39 is 0 Å². The van der Waals surface area contributed by atoms with Gasteiger partial charge in [-0.25, -0.2) is 0 Å². The van der Waals surface area contributed by atoms with E-state index in [1.54, 1.807) is 0 Å². The highest BCUT2D eigenvalue weighted by Gasteiger charge is 2.02. The van der Waals surface area contributed by atoms with E-state index >= 15 is 0 Å². The van der Waals surface area contributed by atoms with Crippen molar-refractivity contribution >= 4 is 28.6 Å². The third-order valence-corrected chi connectivity index (χ3v) is 1.73. The summed E-state index contributed by atoms with van der Waals surface area (Å²) in [6.07, 6.45) is 7.98. The van der Waals surface area contributed by atoms with Crippen molar-refractivity contribution in [1.82, 2.24) is 0 Å². The van der Waals surface area contributed by atoms with Gasteiger partial charge in [-0.2, -0.15) is 0 Å². The van der Waals surface area contributed by atoms with Gasteiger partial charge < -0.3 is 9.84 Å². The second-order valence-corrected chi connectivity index (χ2v) is 3.06. The summed E-state index contributed by atoms with van der Waals surface area (Å²) >= 11 is 0. The maximum atomic E-state index is 9.79. The molecule has 0 aromatic carbocycles. The van der Waals surface area contributed by atoms with Gasteiger partial charge in [0.25, 0.3) is 12.9 Å². The Morgan fingerprint density at radius 1 is 1.22 bits per heavy atom. The molecule has 0 rings (SSSR count). The minimum atomic E-state index is -0.250.